The van der Waals surface area contributed by atoms with Crippen LogP contribution in [-0.4, -0.2) is 35.6 Å². The summed E-state index contributed by atoms with van der Waals surface area (Å²) >= 11 is 0. The average molecular weight is 668 g/mol. The number of hydrogen-bond acceptors (Lipinski definition) is 4. The summed E-state index contributed by atoms with van der Waals surface area (Å²) in [6.45, 7) is 29.7. The van der Waals surface area contributed by atoms with Gasteiger partial charge >= 0.3 is 11.9 Å². The summed E-state index contributed by atoms with van der Waals surface area (Å²) < 4.78 is 6.17. The third-order valence-corrected chi connectivity index (χ3v) is 15.9. The summed E-state index contributed by atoms with van der Waals surface area (Å²) in [4.78, 5) is 38.3. The second kappa shape index (κ2) is 12.1. The minimum atomic E-state index is -1.14. The molecule has 2 N–H and O–H groups in total. The van der Waals surface area contributed by atoms with Gasteiger partial charge in [-0.05, 0) is 142 Å². The number of carbonyl (C=O) groups excluding carboxylic acids is 2. The van der Waals surface area contributed by atoms with Crippen LogP contribution in [0.3, 0.4) is 0 Å². The Morgan fingerprint density at radius 3 is 2.10 bits per heavy atom. The predicted molar refractivity (Wildman–Crippen MR) is 192 cm³/mol. The van der Waals surface area contributed by atoms with Crippen molar-refractivity contribution in [2.24, 2.45) is 67.5 Å². The van der Waals surface area contributed by atoms with E-state index in [-0.39, 0.29) is 56.9 Å². The van der Waals surface area contributed by atoms with Gasteiger partial charge in [0, 0.05) is 18.4 Å². The minimum absolute atomic E-state index is 0.0686. The van der Waals surface area contributed by atoms with E-state index in [0.717, 1.165) is 38.5 Å². The average Bonchev–Trinajstić information content (AvgIpc) is 3.33. The van der Waals surface area contributed by atoms with Gasteiger partial charge in [0.15, 0.2) is 0 Å². The normalized spacial score (nSPS) is 42.0. The van der Waals surface area contributed by atoms with Gasteiger partial charge in [0.1, 0.15) is 6.10 Å². The van der Waals surface area contributed by atoms with Gasteiger partial charge in [-0.25, -0.2) is 0 Å². The molecule has 5 aliphatic rings. The number of amides is 1. The number of ether oxygens (including phenoxy) is 1. The third-order valence-electron chi connectivity index (χ3n) is 15.9. The molecule has 10 atom stereocenters. The van der Waals surface area contributed by atoms with Crippen LogP contribution in [0.4, 0.5) is 0 Å². The number of aliphatic carboxylic acids is 1. The van der Waals surface area contributed by atoms with E-state index in [1.807, 2.05) is 0 Å². The van der Waals surface area contributed by atoms with E-state index >= 15 is 0 Å². The molecule has 5 fully saturated rings. The summed E-state index contributed by atoms with van der Waals surface area (Å²) in [5.41, 5.74) is 0.684. The summed E-state index contributed by atoms with van der Waals surface area (Å²) in [5, 5.41) is 12.9. The van der Waals surface area contributed by atoms with Crippen molar-refractivity contribution in [3.8, 4) is 0 Å². The third kappa shape index (κ3) is 5.99. The Kier molecular flexibility index (Phi) is 9.46. The quantitative estimate of drug-likeness (QED) is 0.199. The van der Waals surface area contributed by atoms with Crippen molar-refractivity contribution in [1.29, 1.82) is 0 Å². The number of fused-ring (bicyclic) bond motifs is 7. The maximum Gasteiger partial charge on any atom is 0.309 e. The van der Waals surface area contributed by atoms with Crippen LogP contribution < -0.4 is 5.32 Å². The molecular formula is C42H69NO5. The molecule has 0 unspecified atom stereocenters. The van der Waals surface area contributed by atoms with E-state index in [2.05, 4.69) is 74.2 Å². The SMILES string of the molecule is C=C(C)[C@@H]1CC[C@]2(CC(=O)NCC(C)(C)C)CC[C@]3(C)[C@H](CC[C@@H]4[C@@]5(C)CC[C@H](OC(=O)CC(C)(C)C(=O)O)C(C)(C)[C@@H]5CC[C@]43C)[C@@H]12. The Morgan fingerprint density at radius 2 is 1.50 bits per heavy atom. The number of rotatable bonds is 8. The Labute approximate surface area is 292 Å². The molecule has 0 aromatic carbocycles. The predicted octanol–water partition coefficient (Wildman–Crippen LogP) is 9.61. The molecule has 0 aliphatic heterocycles. The van der Waals surface area contributed by atoms with Crippen molar-refractivity contribution < 1.29 is 24.2 Å². The molecule has 6 heteroatoms. The molecule has 0 saturated heterocycles. The molecule has 272 valence electrons. The number of carboxylic acids is 1. The lowest BCUT2D eigenvalue weighted by Gasteiger charge is -2.73. The van der Waals surface area contributed by atoms with Gasteiger partial charge < -0.3 is 15.2 Å². The largest absolute Gasteiger partial charge is 0.481 e. The van der Waals surface area contributed by atoms with Crippen LogP contribution in [0.25, 0.3) is 0 Å². The Hall–Kier alpha value is -1.85. The van der Waals surface area contributed by atoms with E-state index in [1.54, 1.807) is 13.8 Å². The van der Waals surface area contributed by atoms with Crippen LogP contribution in [-0.2, 0) is 19.1 Å². The van der Waals surface area contributed by atoms with Crippen LogP contribution in [0.1, 0.15) is 153 Å². The second-order valence-corrected chi connectivity index (χ2v) is 20.8. The first-order valence-corrected chi connectivity index (χ1v) is 19.3. The molecule has 6 nitrogen and oxygen atoms in total. The van der Waals surface area contributed by atoms with Crippen LogP contribution in [0.15, 0.2) is 12.2 Å². The zero-order valence-corrected chi connectivity index (χ0v) is 32.4. The molecule has 0 bridgehead atoms. The van der Waals surface area contributed by atoms with Gasteiger partial charge in [0.2, 0.25) is 5.91 Å². The number of allylic oxidation sites excluding steroid dienone is 1. The molecule has 5 aliphatic carbocycles. The summed E-state index contributed by atoms with van der Waals surface area (Å²) in [5.74, 6) is 1.51. The van der Waals surface area contributed by atoms with E-state index in [4.69, 9.17) is 4.74 Å². The molecule has 5 rings (SSSR count). The molecule has 1 amide bonds. The fourth-order valence-corrected chi connectivity index (χ4v) is 13.2. The fraction of sp³-hybridized carbons (Fsp3) is 0.881. The molecule has 48 heavy (non-hydrogen) atoms. The smallest absolute Gasteiger partial charge is 0.309 e. The molecule has 0 radical (unpaired) electrons. The maximum atomic E-state index is 13.6. The van der Waals surface area contributed by atoms with Crippen molar-refractivity contribution in [2.45, 2.75) is 159 Å². The first-order chi connectivity index (χ1) is 21.9. The molecule has 0 aromatic heterocycles. The highest BCUT2D eigenvalue weighted by Crippen LogP contribution is 2.78. The standard InChI is InChI=1S/C42H69NO5/c1-26(2)27-15-20-42(23-32(44)43-25-36(3,4)5)22-21-40(11)28(34(27)42)13-14-30-39(10)18-17-31(48-33(45)24-37(6,7)35(46)47)38(8,9)29(39)16-19-41(30,40)12/h27-31,34H,1,13-25H2,2-12H3,(H,43,44)(H,46,47)/t27-,28+,29-,30+,31-,34+,39-,40+,41+,42+/m0/s1. The van der Waals surface area contributed by atoms with Gasteiger partial charge in [-0.3, -0.25) is 14.4 Å². The lowest BCUT2D eigenvalue weighted by Crippen LogP contribution is -2.67. The van der Waals surface area contributed by atoms with Gasteiger partial charge in [-0.1, -0.05) is 67.5 Å². The van der Waals surface area contributed by atoms with Crippen molar-refractivity contribution in [2.75, 3.05) is 6.54 Å². The van der Waals surface area contributed by atoms with E-state index in [0.29, 0.717) is 42.6 Å². The number of carboxylic acid groups (broad SMARTS) is 1. The number of hydrogen-bond donors (Lipinski definition) is 2. The van der Waals surface area contributed by atoms with Crippen molar-refractivity contribution in [1.82, 2.24) is 5.32 Å². The van der Waals surface area contributed by atoms with Crippen LogP contribution in [0.5, 0.6) is 0 Å². The van der Waals surface area contributed by atoms with Gasteiger partial charge in [-0.15, -0.1) is 0 Å². The fourth-order valence-electron chi connectivity index (χ4n) is 13.2. The summed E-state index contributed by atoms with van der Waals surface area (Å²) in [7, 11) is 0. The first-order valence-electron chi connectivity index (χ1n) is 19.3. The second-order valence-electron chi connectivity index (χ2n) is 20.8. The van der Waals surface area contributed by atoms with E-state index in [9.17, 15) is 19.5 Å². The highest BCUT2D eigenvalue weighted by atomic mass is 16.5. The van der Waals surface area contributed by atoms with Crippen LogP contribution in [0.2, 0.25) is 0 Å². The molecular weight excluding hydrogens is 598 g/mol. The van der Waals surface area contributed by atoms with E-state index in [1.165, 1.54) is 31.3 Å². The number of esters is 1. The first kappa shape index (κ1) is 37.4. The zero-order valence-electron chi connectivity index (χ0n) is 32.4. The molecule has 0 heterocycles. The Bertz CT molecular complexity index is 1310. The Morgan fingerprint density at radius 1 is 0.833 bits per heavy atom. The highest BCUT2D eigenvalue weighted by molar-refractivity contribution is 5.81. The zero-order chi connectivity index (χ0) is 35.9. The van der Waals surface area contributed by atoms with Gasteiger partial charge in [0.05, 0.1) is 11.8 Å². The van der Waals surface area contributed by atoms with Crippen molar-refractivity contribution >= 4 is 17.8 Å². The topological polar surface area (TPSA) is 92.7 Å². The summed E-state index contributed by atoms with van der Waals surface area (Å²) in [6, 6.07) is 0. The molecule has 0 spiro atoms. The van der Waals surface area contributed by atoms with Crippen LogP contribution in [0, 0.1) is 67.5 Å². The molecule has 0 aromatic rings. The lowest BCUT2D eigenvalue weighted by atomic mass is 9.32. The van der Waals surface area contributed by atoms with Gasteiger partial charge in [-0.2, -0.15) is 0 Å². The van der Waals surface area contributed by atoms with Crippen molar-refractivity contribution in [3.63, 3.8) is 0 Å². The minimum Gasteiger partial charge on any atom is -0.481 e. The van der Waals surface area contributed by atoms with E-state index < -0.39 is 11.4 Å². The van der Waals surface area contributed by atoms with Gasteiger partial charge in [0.25, 0.3) is 0 Å². The number of carbonyl (C=O) groups is 3. The monoisotopic (exact) mass is 668 g/mol. The molecule has 5 saturated carbocycles. The highest BCUT2D eigenvalue weighted by Gasteiger charge is 2.71. The summed E-state index contributed by atoms with van der Waals surface area (Å²) in [6.07, 6.45) is 11.6. The van der Waals surface area contributed by atoms with Crippen LogP contribution >= 0.6 is 0 Å². The van der Waals surface area contributed by atoms with Crippen molar-refractivity contribution in [3.05, 3.63) is 12.2 Å². The maximum absolute atomic E-state index is 13.6. The number of nitrogens with one attached hydrogen (secondary N) is 1. The Balaban J connectivity index is 1.39. The lowest BCUT2D eigenvalue weighted by molar-refractivity contribution is -0.250.